The number of nitrogens with one attached hydrogen (secondary N) is 1. The van der Waals surface area contributed by atoms with Gasteiger partial charge in [-0.1, -0.05) is 0 Å². The van der Waals surface area contributed by atoms with E-state index >= 15 is 0 Å². The zero-order chi connectivity index (χ0) is 19.6. The van der Waals surface area contributed by atoms with Crippen molar-refractivity contribution in [1.29, 1.82) is 0 Å². The number of nitrogens with zero attached hydrogens (tertiary/aromatic N) is 4. The summed E-state index contributed by atoms with van der Waals surface area (Å²) >= 11 is 1.45. The Morgan fingerprint density at radius 3 is 2.54 bits per heavy atom. The second kappa shape index (κ2) is 7.41. The molecule has 1 N–H and O–H groups in total. The predicted molar refractivity (Wildman–Crippen MR) is 107 cm³/mol. The van der Waals surface area contributed by atoms with Gasteiger partial charge in [0.1, 0.15) is 5.76 Å². The minimum absolute atomic E-state index is 0.0196. The number of pyridine rings is 1. The third kappa shape index (κ3) is 4.02. The smallest absolute Gasteiger partial charge is 0.202 e. The summed E-state index contributed by atoms with van der Waals surface area (Å²) in [7, 11) is -3.87. The minimum atomic E-state index is -3.87. The van der Waals surface area contributed by atoms with Crippen molar-refractivity contribution in [2.24, 2.45) is 0 Å². The van der Waals surface area contributed by atoms with E-state index in [0.29, 0.717) is 16.6 Å². The van der Waals surface area contributed by atoms with Gasteiger partial charge in [-0.3, -0.25) is 10.1 Å². The number of aryl methyl sites for hydroxylation is 1. The maximum Gasteiger partial charge on any atom is 0.202 e. The van der Waals surface area contributed by atoms with E-state index in [9.17, 15) is 8.42 Å². The van der Waals surface area contributed by atoms with Crippen LogP contribution in [0.5, 0.6) is 0 Å². The van der Waals surface area contributed by atoms with Crippen molar-refractivity contribution in [3.63, 3.8) is 0 Å². The molecular formula is C18H14N5O3S2-. The largest absolute Gasteiger partial charge is 0.460 e. The van der Waals surface area contributed by atoms with Gasteiger partial charge < -0.3 is 14.6 Å². The summed E-state index contributed by atoms with van der Waals surface area (Å²) in [5.74, 6) is 0.509. The lowest BCUT2D eigenvalue weighted by molar-refractivity contribution is 0.401. The molecule has 142 valence electrons. The second-order valence-corrected chi connectivity index (χ2v) is 8.25. The lowest BCUT2D eigenvalue weighted by atomic mass is 10.2. The fourth-order valence-electron chi connectivity index (χ4n) is 2.39. The van der Waals surface area contributed by atoms with Gasteiger partial charge in [0.25, 0.3) is 0 Å². The zero-order valence-corrected chi connectivity index (χ0v) is 16.2. The molecule has 0 bridgehead atoms. The molecule has 8 nitrogen and oxygen atoms in total. The van der Waals surface area contributed by atoms with Gasteiger partial charge in [0.2, 0.25) is 10.0 Å². The van der Waals surface area contributed by atoms with E-state index in [-0.39, 0.29) is 10.7 Å². The number of anilines is 2. The summed E-state index contributed by atoms with van der Waals surface area (Å²) in [6.45, 7) is 1.66. The Bertz CT molecular complexity index is 1190. The Balaban J connectivity index is 1.47. The van der Waals surface area contributed by atoms with Gasteiger partial charge in [0, 0.05) is 29.0 Å². The van der Waals surface area contributed by atoms with Gasteiger partial charge in [0.15, 0.2) is 5.13 Å². The highest BCUT2D eigenvalue weighted by Crippen LogP contribution is 2.30. The fraction of sp³-hybridized carbons (Fsp3) is 0.0556. The van der Waals surface area contributed by atoms with Crippen LogP contribution in [0.25, 0.3) is 16.0 Å². The fourth-order valence-corrected chi connectivity index (χ4v) is 4.05. The first-order valence-electron chi connectivity index (χ1n) is 8.14. The predicted octanol–water partition coefficient (Wildman–Crippen LogP) is 4.64. The molecule has 1 aromatic carbocycles. The Labute approximate surface area is 165 Å². The quantitative estimate of drug-likeness (QED) is 0.491. The van der Waals surface area contributed by atoms with Crippen molar-refractivity contribution >= 4 is 38.0 Å². The molecule has 0 radical (unpaired) electrons. The van der Waals surface area contributed by atoms with Gasteiger partial charge in [-0.05, 0) is 55.2 Å². The minimum Gasteiger partial charge on any atom is -0.460 e. The average Bonchev–Trinajstić information content (AvgIpc) is 3.31. The Kier molecular flexibility index (Phi) is 4.80. The average molecular weight is 412 g/mol. The third-order valence-corrected chi connectivity index (χ3v) is 5.77. The van der Waals surface area contributed by atoms with E-state index in [1.807, 2.05) is 17.5 Å². The number of rotatable bonds is 6. The van der Waals surface area contributed by atoms with Crippen molar-refractivity contribution in [3.8, 4) is 11.3 Å². The number of hydrogen-bond acceptors (Lipinski definition) is 8. The van der Waals surface area contributed by atoms with Gasteiger partial charge in [-0.25, -0.2) is 13.4 Å². The van der Waals surface area contributed by atoms with Crippen LogP contribution in [0.4, 0.5) is 16.6 Å². The topological polar surface area (TPSA) is 112 Å². The molecule has 3 heterocycles. The van der Waals surface area contributed by atoms with Crippen molar-refractivity contribution in [3.05, 3.63) is 70.7 Å². The molecule has 0 aliphatic carbocycles. The Morgan fingerprint density at radius 2 is 1.86 bits per heavy atom. The van der Waals surface area contributed by atoms with E-state index in [1.54, 1.807) is 31.5 Å². The molecule has 4 aromatic rings. The van der Waals surface area contributed by atoms with E-state index in [0.717, 1.165) is 11.3 Å². The maximum absolute atomic E-state index is 12.4. The molecule has 0 fully saturated rings. The van der Waals surface area contributed by atoms with Crippen LogP contribution in [0, 0.1) is 6.92 Å². The number of aromatic nitrogens is 3. The molecule has 3 aromatic heterocycles. The number of thiazole rings is 1. The van der Waals surface area contributed by atoms with Crippen LogP contribution in [-0.4, -0.2) is 23.5 Å². The van der Waals surface area contributed by atoms with E-state index in [1.165, 1.54) is 29.5 Å². The highest BCUT2D eigenvalue weighted by molar-refractivity contribution is 7.94. The standard InChI is InChI=1S/C18H14N5O3S2/c1-12-10-17(22-26-12)23-28(24,25)15-4-2-14(3-5-15)20-18-21-16(11-27-18)13-6-8-19-9-7-13/h2-11H,1H3,(H-,20,21,22,23)/q-1. The van der Waals surface area contributed by atoms with E-state index < -0.39 is 10.0 Å². The van der Waals surface area contributed by atoms with Crippen molar-refractivity contribution in [2.45, 2.75) is 11.8 Å². The summed E-state index contributed by atoms with van der Waals surface area (Å²) < 4.78 is 33.2. The molecule has 0 atom stereocenters. The first-order valence-corrected chi connectivity index (χ1v) is 10.5. The SMILES string of the molecule is Cc1cc([N-]S(=O)(=O)c2ccc(Nc3nc(-c4ccncc4)cs3)cc2)no1. The summed E-state index contributed by atoms with van der Waals surface area (Å²) in [5.41, 5.74) is 2.54. The summed E-state index contributed by atoms with van der Waals surface area (Å²) in [5, 5.41) is 9.39. The van der Waals surface area contributed by atoms with Crippen LogP contribution in [0.3, 0.4) is 0 Å². The molecule has 0 unspecified atom stereocenters. The lowest BCUT2D eigenvalue weighted by Gasteiger charge is -2.12. The molecule has 0 spiro atoms. The zero-order valence-electron chi connectivity index (χ0n) is 14.6. The lowest BCUT2D eigenvalue weighted by Crippen LogP contribution is -1.98. The van der Waals surface area contributed by atoms with Crippen LogP contribution >= 0.6 is 11.3 Å². The second-order valence-electron chi connectivity index (χ2n) is 5.79. The Morgan fingerprint density at radius 1 is 1.11 bits per heavy atom. The molecule has 0 saturated heterocycles. The maximum atomic E-state index is 12.4. The molecule has 28 heavy (non-hydrogen) atoms. The highest BCUT2D eigenvalue weighted by Gasteiger charge is 2.11. The molecule has 0 amide bonds. The molecule has 10 heteroatoms. The van der Waals surface area contributed by atoms with Gasteiger partial charge in [0.05, 0.1) is 10.6 Å². The van der Waals surface area contributed by atoms with Crippen molar-refractivity contribution < 1.29 is 12.9 Å². The highest BCUT2D eigenvalue weighted by atomic mass is 32.2. The van der Waals surface area contributed by atoms with Crippen LogP contribution in [0.15, 0.2) is 69.7 Å². The first-order chi connectivity index (χ1) is 13.5. The van der Waals surface area contributed by atoms with Crippen LogP contribution < -0.4 is 5.32 Å². The number of hydrogen-bond donors (Lipinski definition) is 1. The summed E-state index contributed by atoms with van der Waals surface area (Å²) in [6.07, 6.45) is 3.43. The normalized spacial score (nSPS) is 11.3. The summed E-state index contributed by atoms with van der Waals surface area (Å²) in [6, 6.07) is 11.5. The third-order valence-electron chi connectivity index (χ3n) is 3.71. The molecular weight excluding hydrogens is 398 g/mol. The molecule has 0 aliphatic heterocycles. The van der Waals surface area contributed by atoms with Crippen LogP contribution in [0.1, 0.15) is 5.76 Å². The van der Waals surface area contributed by atoms with Gasteiger partial charge >= 0.3 is 0 Å². The monoisotopic (exact) mass is 412 g/mol. The van der Waals surface area contributed by atoms with Gasteiger partial charge in [-0.2, -0.15) is 0 Å². The van der Waals surface area contributed by atoms with E-state index in [2.05, 4.69) is 25.2 Å². The van der Waals surface area contributed by atoms with Crippen LogP contribution in [0.2, 0.25) is 0 Å². The molecule has 4 rings (SSSR count). The van der Waals surface area contributed by atoms with Crippen molar-refractivity contribution in [1.82, 2.24) is 15.1 Å². The molecule has 0 saturated carbocycles. The van der Waals surface area contributed by atoms with Gasteiger partial charge in [-0.15, -0.1) is 11.3 Å². The number of sulfonamides is 1. The van der Waals surface area contributed by atoms with E-state index in [4.69, 9.17) is 4.52 Å². The number of benzene rings is 1. The van der Waals surface area contributed by atoms with Crippen LogP contribution in [-0.2, 0) is 10.0 Å². The molecule has 0 aliphatic rings. The van der Waals surface area contributed by atoms with Crippen molar-refractivity contribution in [2.75, 3.05) is 5.32 Å². The Hall–Kier alpha value is -3.24. The summed E-state index contributed by atoms with van der Waals surface area (Å²) in [4.78, 5) is 8.59. The first kappa shape index (κ1) is 18.1.